The number of carboxylic acid groups (broad SMARTS) is 2. The molecule has 0 aliphatic carbocycles. The molecule has 0 radical (unpaired) electrons. The van der Waals surface area contributed by atoms with Crippen LogP contribution in [0.4, 0.5) is 0 Å². The van der Waals surface area contributed by atoms with E-state index in [4.69, 9.17) is 10.8 Å². The van der Waals surface area contributed by atoms with Gasteiger partial charge in [-0.25, -0.2) is 4.79 Å². The Balaban J connectivity index is 3.29. The van der Waals surface area contributed by atoms with Crippen molar-refractivity contribution in [3.8, 4) is 0 Å². The highest BCUT2D eigenvalue weighted by Gasteiger charge is 2.36. The molecule has 0 spiro atoms. The van der Waals surface area contributed by atoms with Crippen LogP contribution in [-0.4, -0.2) is 157 Å². The maximum absolute atomic E-state index is 13.6. The number of nitrogens with two attached hydrogens (primary N) is 1. The third-order valence-corrected chi connectivity index (χ3v) is 7.76. The molecule has 54 heavy (non-hydrogen) atoms. The number of carbonyl (C=O) groups is 8. The Bertz CT molecular complexity index is 1460. The molecule has 22 heteroatoms. The number of rotatable bonds is 23. The Labute approximate surface area is 308 Å². The van der Waals surface area contributed by atoms with E-state index in [9.17, 15) is 69.0 Å². The minimum absolute atomic E-state index is 0.263. The Morgan fingerprint density at radius 1 is 0.574 bits per heavy atom. The molecule has 0 saturated heterocycles. The van der Waals surface area contributed by atoms with Crippen LogP contribution in [0.25, 0.3) is 0 Å². The third-order valence-electron chi connectivity index (χ3n) is 7.76. The van der Waals surface area contributed by atoms with E-state index in [1.807, 2.05) is 5.32 Å². The second kappa shape index (κ2) is 22.7. The minimum Gasteiger partial charge on any atom is -0.481 e. The lowest BCUT2D eigenvalue weighted by Gasteiger charge is -2.28. The Morgan fingerprint density at radius 3 is 1.44 bits per heavy atom. The van der Waals surface area contributed by atoms with E-state index in [-0.39, 0.29) is 6.42 Å². The number of benzene rings is 1. The van der Waals surface area contributed by atoms with Crippen LogP contribution in [0.3, 0.4) is 0 Å². The average molecular weight is 772 g/mol. The number of aliphatic hydroxyl groups excluding tert-OH is 5. The van der Waals surface area contributed by atoms with Crippen LogP contribution in [0.1, 0.15) is 39.2 Å². The standard InChI is InChI=1S/C32H49N7O15/c1-14(42)23(33)29(50)39-25(16(3)44)31(52)36-20(12-40)28(49)38-24(15(2)43)30(51)35-19(11-17-7-5-4-6-8-17)27(48)34-18(9-10-22(45)46)26(47)37-21(13-41)32(53)54/h4-8,14-16,18-21,23-25,40-44H,9-13,33H2,1-3H3,(H,34,48)(H,35,51)(H,36,52)(H,37,47)(H,38,49)(H,39,50)(H,45,46)(H,53,54)/t14-,15-,16-,18+,19+,20+,21+,23+,24+,25+/m1/s1. The molecule has 0 saturated carbocycles. The monoisotopic (exact) mass is 771 g/mol. The van der Waals surface area contributed by atoms with Crippen LogP contribution < -0.4 is 37.6 Å². The Morgan fingerprint density at radius 2 is 1.00 bits per heavy atom. The first-order valence-corrected chi connectivity index (χ1v) is 16.6. The number of carbonyl (C=O) groups excluding carboxylic acids is 6. The van der Waals surface area contributed by atoms with Gasteiger partial charge in [0.15, 0.2) is 0 Å². The van der Waals surface area contributed by atoms with Crippen molar-refractivity contribution in [1.29, 1.82) is 0 Å². The first-order chi connectivity index (χ1) is 25.2. The summed E-state index contributed by atoms with van der Waals surface area (Å²) in [6.45, 7) is 1.29. The molecule has 1 aromatic rings. The van der Waals surface area contributed by atoms with Crippen LogP contribution in [0, 0.1) is 0 Å². The summed E-state index contributed by atoms with van der Waals surface area (Å²) in [6, 6.07) is -3.95. The van der Waals surface area contributed by atoms with E-state index >= 15 is 0 Å². The maximum Gasteiger partial charge on any atom is 0.328 e. The van der Waals surface area contributed by atoms with Gasteiger partial charge in [0.25, 0.3) is 0 Å². The van der Waals surface area contributed by atoms with Crippen LogP contribution in [0.5, 0.6) is 0 Å². The normalized spacial score (nSPS) is 16.6. The molecule has 0 aromatic heterocycles. The predicted molar refractivity (Wildman–Crippen MR) is 183 cm³/mol. The first-order valence-electron chi connectivity index (χ1n) is 16.6. The molecule has 302 valence electrons. The highest BCUT2D eigenvalue weighted by Crippen LogP contribution is 2.08. The molecule has 22 nitrogen and oxygen atoms in total. The summed E-state index contributed by atoms with van der Waals surface area (Å²) >= 11 is 0. The lowest BCUT2D eigenvalue weighted by Crippen LogP contribution is -2.63. The van der Waals surface area contributed by atoms with Gasteiger partial charge in [-0.2, -0.15) is 0 Å². The fourth-order valence-electron chi connectivity index (χ4n) is 4.58. The van der Waals surface area contributed by atoms with Crippen molar-refractivity contribution < 1.29 is 74.1 Å². The van der Waals surface area contributed by atoms with Crippen molar-refractivity contribution in [1.82, 2.24) is 31.9 Å². The van der Waals surface area contributed by atoms with E-state index in [0.717, 1.165) is 13.8 Å². The fourth-order valence-corrected chi connectivity index (χ4v) is 4.58. The molecule has 1 rings (SSSR count). The molecule has 15 N–H and O–H groups in total. The molecule has 0 bridgehead atoms. The van der Waals surface area contributed by atoms with Gasteiger partial charge in [0, 0.05) is 12.8 Å². The van der Waals surface area contributed by atoms with Crippen molar-refractivity contribution in [3.05, 3.63) is 35.9 Å². The van der Waals surface area contributed by atoms with Gasteiger partial charge in [0.2, 0.25) is 35.4 Å². The summed E-state index contributed by atoms with van der Waals surface area (Å²) in [5, 5.41) is 80.5. The van der Waals surface area contributed by atoms with Crippen molar-refractivity contribution in [2.75, 3.05) is 13.2 Å². The molecule has 0 unspecified atom stereocenters. The molecular formula is C32H49N7O15. The zero-order valence-corrected chi connectivity index (χ0v) is 29.7. The highest BCUT2D eigenvalue weighted by atomic mass is 16.4. The number of aliphatic carboxylic acids is 2. The van der Waals surface area contributed by atoms with Crippen molar-refractivity contribution in [2.45, 2.75) is 101 Å². The molecule has 0 aliphatic heterocycles. The number of amides is 6. The van der Waals surface area contributed by atoms with Gasteiger partial charge in [-0.15, -0.1) is 0 Å². The number of nitrogens with one attached hydrogen (secondary N) is 6. The summed E-state index contributed by atoms with van der Waals surface area (Å²) in [7, 11) is 0. The van der Waals surface area contributed by atoms with Crippen LogP contribution in [-0.2, 0) is 44.8 Å². The number of hydrogen-bond acceptors (Lipinski definition) is 14. The number of carboxylic acids is 2. The van der Waals surface area contributed by atoms with Crippen LogP contribution >= 0.6 is 0 Å². The average Bonchev–Trinajstić information content (AvgIpc) is 3.10. The van der Waals surface area contributed by atoms with Gasteiger partial charge in [0.1, 0.15) is 42.3 Å². The third kappa shape index (κ3) is 15.4. The zero-order valence-electron chi connectivity index (χ0n) is 29.7. The Hall–Kier alpha value is -5.26. The fraction of sp³-hybridized carbons (Fsp3) is 0.562. The van der Waals surface area contributed by atoms with E-state index in [1.165, 1.54) is 6.92 Å². The summed E-state index contributed by atoms with van der Waals surface area (Å²) in [4.78, 5) is 101. The van der Waals surface area contributed by atoms with E-state index in [1.54, 1.807) is 30.3 Å². The Kier molecular flexibility index (Phi) is 19.7. The van der Waals surface area contributed by atoms with Crippen molar-refractivity contribution in [2.24, 2.45) is 5.73 Å². The van der Waals surface area contributed by atoms with Gasteiger partial charge in [-0.1, -0.05) is 30.3 Å². The molecule has 6 amide bonds. The van der Waals surface area contributed by atoms with Gasteiger partial charge < -0.3 is 73.4 Å². The highest BCUT2D eigenvalue weighted by molar-refractivity contribution is 5.97. The smallest absolute Gasteiger partial charge is 0.328 e. The van der Waals surface area contributed by atoms with Crippen molar-refractivity contribution in [3.63, 3.8) is 0 Å². The second-order valence-electron chi connectivity index (χ2n) is 12.3. The van der Waals surface area contributed by atoms with E-state index in [0.29, 0.717) is 5.56 Å². The van der Waals surface area contributed by atoms with Gasteiger partial charge in [0.05, 0.1) is 31.5 Å². The summed E-state index contributed by atoms with van der Waals surface area (Å²) < 4.78 is 0. The number of aliphatic hydroxyl groups is 5. The largest absolute Gasteiger partial charge is 0.481 e. The van der Waals surface area contributed by atoms with Gasteiger partial charge in [-0.05, 0) is 32.8 Å². The molecule has 0 aliphatic rings. The molecule has 1 aromatic carbocycles. The molecular weight excluding hydrogens is 722 g/mol. The quantitative estimate of drug-likeness (QED) is 0.0492. The molecule has 0 heterocycles. The van der Waals surface area contributed by atoms with Gasteiger partial charge >= 0.3 is 11.9 Å². The lowest BCUT2D eigenvalue weighted by atomic mass is 10.0. The predicted octanol–water partition coefficient (Wildman–Crippen LogP) is -6.46. The molecule has 0 fully saturated rings. The minimum atomic E-state index is -1.86. The van der Waals surface area contributed by atoms with Crippen molar-refractivity contribution >= 4 is 47.4 Å². The van der Waals surface area contributed by atoms with E-state index in [2.05, 4.69) is 26.6 Å². The summed E-state index contributed by atoms with van der Waals surface area (Å²) in [5.41, 5.74) is 6.02. The zero-order chi connectivity index (χ0) is 41.3. The number of hydrogen-bond donors (Lipinski definition) is 14. The first kappa shape index (κ1) is 46.8. The maximum atomic E-state index is 13.6. The summed E-state index contributed by atoms with van der Waals surface area (Å²) in [5.74, 6) is -9.86. The topological polar surface area (TPSA) is 376 Å². The summed E-state index contributed by atoms with van der Waals surface area (Å²) in [6.07, 6.45) is -6.04. The SMILES string of the molecule is C[C@@H](O)[C@H](N)C(=O)N[C@H](C(=O)N[C@@H](CO)C(=O)N[C@H](C(=O)N[C@@H](Cc1ccccc1)C(=O)N[C@@H](CCC(=O)O)C(=O)N[C@@H](CO)C(=O)O)[C@@H](C)O)[C@@H](C)O. The van der Waals surface area contributed by atoms with E-state index < -0.39 is 134 Å². The lowest BCUT2D eigenvalue weighted by molar-refractivity contribution is -0.144. The van der Waals surface area contributed by atoms with Crippen LogP contribution in [0.2, 0.25) is 0 Å². The molecule has 10 atom stereocenters. The van der Waals surface area contributed by atoms with Gasteiger partial charge in [-0.3, -0.25) is 33.6 Å². The van der Waals surface area contributed by atoms with Crippen LogP contribution in [0.15, 0.2) is 30.3 Å². The second-order valence-corrected chi connectivity index (χ2v) is 12.3.